The lowest BCUT2D eigenvalue weighted by molar-refractivity contribution is 0.166. The van der Waals surface area contributed by atoms with Crippen molar-refractivity contribution in [1.29, 1.82) is 0 Å². The Kier molecular flexibility index (Phi) is 6.63. The minimum atomic E-state index is 0.0239. The second-order valence-corrected chi connectivity index (χ2v) is 8.28. The summed E-state index contributed by atoms with van der Waals surface area (Å²) in [5.41, 5.74) is 1.10. The van der Waals surface area contributed by atoms with Crippen molar-refractivity contribution in [2.24, 2.45) is 0 Å². The summed E-state index contributed by atoms with van der Waals surface area (Å²) in [4.78, 5) is 23.9. The molecule has 0 bridgehead atoms. The summed E-state index contributed by atoms with van der Waals surface area (Å²) < 4.78 is 0. The highest BCUT2D eigenvalue weighted by molar-refractivity contribution is 7.11. The molecule has 1 unspecified atom stereocenters. The number of carbonyl (C=O) groups excluding carboxylic acids is 1. The molecule has 1 aliphatic heterocycles. The molecule has 6 heteroatoms. The van der Waals surface area contributed by atoms with Gasteiger partial charge >= 0.3 is 6.03 Å². The molecule has 1 aliphatic rings. The Morgan fingerprint density at radius 2 is 2.12 bits per heavy atom. The molecule has 140 valence electrons. The molecule has 3 rings (SSSR count). The van der Waals surface area contributed by atoms with Crippen LogP contribution in [0.4, 0.5) is 4.79 Å². The number of hydrogen-bond acceptors (Lipinski definition) is 4. The van der Waals surface area contributed by atoms with Gasteiger partial charge < -0.3 is 15.1 Å². The predicted molar refractivity (Wildman–Crippen MR) is 106 cm³/mol. The number of aromatic nitrogens is 1. The van der Waals surface area contributed by atoms with Gasteiger partial charge in [-0.2, -0.15) is 0 Å². The molecular weight excluding hydrogens is 344 g/mol. The van der Waals surface area contributed by atoms with E-state index < -0.39 is 0 Å². The zero-order chi connectivity index (χ0) is 18.4. The Labute approximate surface area is 160 Å². The van der Waals surface area contributed by atoms with Gasteiger partial charge in [0, 0.05) is 41.3 Å². The van der Waals surface area contributed by atoms with Crippen LogP contribution in [-0.4, -0.2) is 46.5 Å². The molecule has 0 aromatic carbocycles. The standard InChI is InChI=1S/C20H28N4OS/c1-3-23-12-4-5-18(14-23)22-20(25)24(13-17-8-10-21-11-9-17)15-19-7-6-16(2)26-19/h6-11,18H,3-5,12-15H2,1-2H3,(H,22,25). The van der Waals surface area contributed by atoms with Gasteiger partial charge in [0.2, 0.25) is 0 Å². The van der Waals surface area contributed by atoms with Crippen molar-refractivity contribution in [1.82, 2.24) is 20.1 Å². The number of rotatable bonds is 6. The number of aryl methyl sites for hydroxylation is 1. The number of urea groups is 1. The summed E-state index contributed by atoms with van der Waals surface area (Å²) in [6.45, 7) is 8.64. The molecule has 0 radical (unpaired) electrons. The average Bonchev–Trinajstić information content (AvgIpc) is 3.07. The van der Waals surface area contributed by atoms with E-state index >= 15 is 0 Å². The molecular formula is C20H28N4OS. The Hall–Kier alpha value is -1.92. The van der Waals surface area contributed by atoms with Crippen molar-refractivity contribution >= 4 is 17.4 Å². The molecule has 1 fully saturated rings. The van der Waals surface area contributed by atoms with Gasteiger partial charge in [0.25, 0.3) is 0 Å². The van der Waals surface area contributed by atoms with E-state index in [1.54, 1.807) is 23.7 Å². The predicted octanol–water partition coefficient (Wildman–Crippen LogP) is 3.65. The molecule has 5 nitrogen and oxygen atoms in total. The molecule has 1 saturated heterocycles. The number of pyridine rings is 1. The highest BCUT2D eigenvalue weighted by atomic mass is 32.1. The Morgan fingerprint density at radius 3 is 2.81 bits per heavy atom. The van der Waals surface area contributed by atoms with Gasteiger partial charge in [0.1, 0.15) is 0 Å². The topological polar surface area (TPSA) is 48.5 Å². The van der Waals surface area contributed by atoms with Crippen molar-refractivity contribution in [3.05, 3.63) is 52.0 Å². The third kappa shape index (κ3) is 5.29. The lowest BCUT2D eigenvalue weighted by Gasteiger charge is -2.34. The maximum absolute atomic E-state index is 13.0. The van der Waals surface area contributed by atoms with Crippen molar-refractivity contribution in [2.75, 3.05) is 19.6 Å². The van der Waals surface area contributed by atoms with Crippen LogP contribution in [-0.2, 0) is 13.1 Å². The van der Waals surface area contributed by atoms with Crippen molar-refractivity contribution < 1.29 is 4.79 Å². The summed E-state index contributed by atoms with van der Waals surface area (Å²) in [6, 6.07) is 8.44. The molecule has 0 aliphatic carbocycles. The molecule has 26 heavy (non-hydrogen) atoms. The second kappa shape index (κ2) is 9.14. The maximum Gasteiger partial charge on any atom is 0.318 e. The fraction of sp³-hybridized carbons (Fsp3) is 0.500. The van der Waals surface area contributed by atoms with Gasteiger partial charge in [-0.25, -0.2) is 4.79 Å². The summed E-state index contributed by atoms with van der Waals surface area (Å²) in [7, 11) is 0. The van der Waals surface area contributed by atoms with Crippen LogP contribution in [0.2, 0.25) is 0 Å². The van der Waals surface area contributed by atoms with Crippen LogP contribution in [0.15, 0.2) is 36.7 Å². The van der Waals surface area contributed by atoms with Crippen LogP contribution in [0.3, 0.4) is 0 Å². The van der Waals surface area contributed by atoms with E-state index in [0.717, 1.165) is 38.0 Å². The minimum absolute atomic E-state index is 0.0239. The van der Waals surface area contributed by atoms with E-state index in [9.17, 15) is 4.79 Å². The summed E-state index contributed by atoms with van der Waals surface area (Å²) >= 11 is 1.75. The fourth-order valence-corrected chi connectivity index (χ4v) is 4.30. The number of piperidine rings is 1. The number of nitrogens with zero attached hydrogens (tertiary/aromatic N) is 3. The maximum atomic E-state index is 13.0. The summed E-state index contributed by atoms with van der Waals surface area (Å²) in [5, 5.41) is 3.26. The molecule has 0 saturated carbocycles. The third-order valence-corrected chi connectivity index (χ3v) is 5.82. The van der Waals surface area contributed by atoms with Gasteiger partial charge in [-0.15, -0.1) is 11.3 Å². The minimum Gasteiger partial charge on any atom is -0.334 e. The Balaban J connectivity index is 1.68. The Bertz CT molecular complexity index is 703. The normalized spacial score (nSPS) is 17.8. The lowest BCUT2D eigenvalue weighted by Crippen LogP contribution is -2.51. The van der Waals surface area contributed by atoms with E-state index in [1.165, 1.54) is 9.75 Å². The monoisotopic (exact) mass is 372 g/mol. The number of likely N-dealkylation sites (tertiary alicyclic amines) is 1. The molecule has 1 N–H and O–H groups in total. The lowest BCUT2D eigenvalue weighted by atomic mass is 10.1. The number of thiophene rings is 1. The van der Waals surface area contributed by atoms with Crippen LogP contribution in [0.1, 0.15) is 35.1 Å². The van der Waals surface area contributed by atoms with Crippen LogP contribution in [0.25, 0.3) is 0 Å². The highest BCUT2D eigenvalue weighted by Crippen LogP contribution is 2.19. The van der Waals surface area contributed by atoms with Crippen molar-refractivity contribution in [2.45, 2.75) is 45.8 Å². The van der Waals surface area contributed by atoms with E-state index in [0.29, 0.717) is 13.1 Å². The van der Waals surface area contributed by atoms with Crippen molar-refractivity contribution in [3.8, 4) is 0 Å². The molecule has 2 aromatic rings. The van der Waals surface area contributed by atoms with Crippen LogP contribution in [0.5, 0.6) is 0 Å². The zero-order valence-corrected chi connectivity index (χ0v) is 16.5. The molecule has 1 atom stereocenters. The first-order valence-electron chi connectivity index (χ1n) is 9.36. The SMILES string of the molecule is CCN1CCCC(NC(=O)N(Cc2ccncc2)Cc2ccc(C)s2)C1. The van der Waals surface area contributed by atoms with Gasteiger partial charge in [0.15, 0.2) is 0 Å². The first-order chi connectivity index (χ1) is 12.6. The van der Waals surface area contributed by atoms with E-state index in [2.05, 4.69) is 41.2 Å². The van der Waals surface area contributed by atoms with Crippen LogP contribution >= 0.6 is 11.3 Å². The number of likely N-dealkylation sites (N-methyl/N-ethyl adjacent to an activating group) is 1. The van der Waals surface area contributed by atoms with Crippen LogP contribution < -0.4 is 5.32 Å². The van der Waals surface area contributed by atoms with Crippen molar-refractivity contribution in [3.63, 3.8) is 0 Å². The summed E-state index contributed by atoms with van der Waals surface area (Å²) in [6.07, 6.45) is 5.76. The van der Waals surface area contributed by atoms with Crippen LogP contribution in [0, 0.1) is 6.92 Å². The first kappa shape index (κ1) is 18.9. The second-order valence-electron chi connectivity index (χ2n) is 6.91. The van der Waals surface area contributed by atoms with Gasteiger partial charge in [-0.05, 0) is 62.7 Å². The van der Waals surface area contributed by atoms with Gasteiger partial charge in [-0.1, -0.05) is 6.92 Å². The molecule has 3 heterocycles. The zero-order valence-electron chi connectivity index (χ0n) is 15.6. The van der Waals surface area contributed by atoms with E-state index in [-0.39, 0.29) is 12.1 Å². The number of nitrogens with one attached hydrogen (secondary N) is 1. The van der Waals surface area contributed by atoms with E-state index in [4.69, 9.17) is 0 Å². The van der Waals surface area contributed by atoms with Gasteiger partial charge in [-0.3, -0.25) is 4.98 Å². The molecule has 2 aromatic heterocycles. The average molecular weight is 373 g/mol. The smallest absolute Gasteiger partial charge is 0.318 e. The Morgan fingerprint density at radius 1 is 1.31 bits per heavy atom. The van der Waals surface area contributed by atoms with E-state index in [1.807, 2.05) is 17.0 Å². The quantitative estimate of drug-likeness (QED) is 0.842. The highest BCUT2D eigenvalue weighted by Gasteiger charge is 2.23. The number of hydrogen-bond donors (Lipinski definition) is 1. The number of amides is 2. The first-order valence-corrected chi connectivity index (χ1v) is 10.2. The fourth-order valence-electron chi connectivity index (χ4n) is 3.39. The van der Waals surface area contributed by atoms with Gasteiger partial charge in [0.05, 0.1) is 6.54 Å². The molecule has 0 spiro atoms. The largest absolute Gasteiger partial charge is 0.334 e. The summed E-state index contributed by atoms with van der Waals surface area (Å²) in [5.74, 6) is 0. The molecule has 2 amide bonds. The number of carbonyl (C=O) groups is 1. The third-order valence-electron chi connectivity index (χ3n) is 4.83.